The lowest BCUT2D eigenvalue weighted by atomic mass is 9.50. The molecule has 0 radical (unpaired) electrons. The van der Waals surface area contributed by atoms with Crippen LogP contribution in [0.2, 0.25) is 0 Å². The molecule has 4 bridgehead atoms. The molecule has 0 saturated heterocycles. The van der Waals surface area contributed by atoms with Crippen molar-refractivity contribution in [1.29, 1.82) is 0 Å². The average Bonchev–Trinajstić information content (AvgIpc) is 3.30. The third-order valence-corrected chi connectivity index (χ3v) is 7.28. The Bertz CT molecular complexity index is 948. The van der Waals surface area contributed by atoms with Gasteiger partial charge in [0.1, 0.15) is 5.69 Å². The van der Waals surface area contributed by atoms with Crippen LogP contribution in [0.3, 0.4) is 0 Å². The SMILES string of the molecule is O=C(NC12CC3CC(C1)CC(n1ncnn1)(C3)C2)c1cn2ccsc2n1. The Kier molecular flexibility index (Phi) is 2.80. The van der Waals surface area contributed by atoms with Gasteiger partial charge in [0.05, 0.1) is 5.54 Å². The van der Waals surface area contributed by atoms with Crippen LogP contribution in [0.15, 0.2) is 24.1 Å². The number of fused-ring (bicyclic) bond motifs is 1. The van der Waals surface area contributed by atoms with Gasteiger partial charge >= 0.3 is 0 Å². The first-order chi connectivity index (χ1) is 12.6. The second-order valence-corrected chi connectivity index (χ2v) is 9.24. The number of imidazole rings is 1. The summed E-state index contributed by atoms with van der Waals surface area (Å²) in [7, 11) is 0. The van der Waals surface area contributed by atoms with E-state index < -0.39 is 0 Å². The van der Waals surface area contributed by atoms with Gasteiger partial charge in [0.2, 0.25) is 0 Å². The lowest BCUT2D eigenvalue weighted by Gasteiger charge is -2.61. The van der Waals surface area contributed by atoms with Gasteiger partial charge in [0.15, 0.2) is 11.3 Å². The topological polar surface area (TPSA) is 90.0 Å². The molecule has 4 aliphatic rings. The number of thiazole rings is 1. The fourth-order valence-corrected chi connectivity index (χ4v) is 6.82. The minimum absolute atomic E-state index is 0.0652. The highest BCUT2D eigenvalue weighted by molar-refractivity contribution is 7.15. The third-order valence-electron chi connectivity index (χ3n) is 6.51. The van der Waals surface area contributed by atoms with Crippen molar-refractivity contribution in [3.05, 3.63) is 29.8 Å². The van der Waals surface area contributed by atoms with Gasteiger partial charge in [-0.1, -0.05) is 0 Å². The Morgan fingerprint density at radius 2 is 2.12 bits per heavy atom. The lowest BCUT2D eigenvalue weighted by molar-refractivity contribution is -0.0810. The molecule has 3 heterocycles. The van der Waals surface area contributed by atoms with Gasteiger partial charge in [-0.05, 0) is 55.6 Å². The molecule has 0 spiro atoms. The molecule has 4 aliphatic carbocycles. The maximum Gasteiger partial charge on any atom is 0.271 e. The largest absolute Gasteiger partial charge is 0.345 e. The van der Waals surface area contributed by atoms with Gasteiger partial charge in [-0.25, -0.2) is 4.98 Å². The van der Waals surface area contributed by atoms with Crippen LogP contribution in [0.5, 0.6) is 0 Å². The van der Waals surface area contributed by atoms with E-state index in [4.69, 9.17) is 0 Å². The predicted octanol–water partition coefficient (Wildman–Crippen LogP) is 1.86. The first-order valence-electron chi connectivity index (χ1n) is 9.11. The summed E-state index contributed by atoms with van der Waals surface area (Å²) in [5, 5.41) is 17.9. The molecule has 7 rings (SSSR count). The molecule has 1 N–H and O–H groups in total. The van der Waals surface area contributed by atoms with Gasteiger partial charge in [-0.3, -0.25) is 9.20 Å². The highest BCUT2D eigenvalue weighted by Gasteiger charge is 2.60. The van der Waals surface area contributed by atoms with Gasteiger partial charge in [0, 0.05) is 23.3 Å². The molecular weight excluding hydrogens is 350 g/mol. The Morgan fingerprint density at radius 1 is 1.27 bits per heavy atom. The van der Waals surface area contributed by atoms with Crippen LogP contribution >= 0.6 is 11.3 Å². The number of carbonyl (C=O) groups excluding carboxylic acids is 1. The highest BCUT2D eigenvalue weighted by atomic mass is 32.1. The normalized spacial score (nSPS) is 35.2. The van der Waals surface area contributed by atoms with E-state index in [-0.39, 0.29) is 17.0 Å². The van der Waals surface area contributed by atoms with Crippen molar-refractivity contribution in [1.82, 2.24) is 34.9 Å². The van der Waals surface area contributed by atoms with E-state index >= 15 is 0 Å². The lowest BCUT2D eigenvalue weighted by Crippen LogP contribution is -2.66. The van der Waals surface area contributed by atoms with Gasteiger partial charge in [0.25, 0.3) is 5.91 Å². The summed E-state index contributed by atoms with van der Waals surface area (Å²) in [4.78, 5) is 20.1. The Balaban J connectivity index is 1.33. The molecule has 1 amide bonds. The average molecular weight is 369 g/mol. The van der Waals surface area contributed by atoms with Crippen molar-refractivity contribution in [2.24, 2.45) is 11.8 Å². The van der Waals surface area contributed by atoms with Gasteiger partial charge < -0.3 is 5.32 Å². The Hall–Kier alpha value is -2.29. The summed E-state index contributed by atoms with van der Waals surface area (Å²) >= 11 is 1.54. The number of nitrogens with one attached hydrogen (secondary N) is 1. The summed E-state index contributed by atoms with van der Waals surface area (Å²) in [6, 6.07) is 0. The number of amides is 1. The van der Waals surface area contributed by atoms with Crippen molar-refractivity contribution in [2.45, 2.75) is 49.6 Å². The molecule has 3 aromatic rings. The maximum atomic E-state index is 13.0. The van der Waals surface area contributed by atoms with Crippen molar-refractivity contribution < 1.29 is 4.79 Å². The van der Waals surface area contributed by atoms with E-state index in [1.165, 1.54) is 24.1 Å². The molecule has 134 valence electrons. The molecule has 26 heavy (non-hydrogen) atoms. The van der Waals surface area contributed by atoms with E-state index in [1.54, 1.807) is 0 Å². The number of hydrogen-bond acceptors (Lipinski definition) is 6. The zero-order valence-corrected chi connectivity index (χ0v) is 15.0. The summed E-state index contributed by atoms with van der Waals surface area (Å²) in [5.41, 5.74) is 0.231. The summed E-state index contributed by atoms with van der Waals surface area (Å²) in [5.74, 6) is 1.17. The third kappa shape index (κ3) is 2.03. The van der Waals surface area contributed by atoms with Crippen LogP contribution in [0.25, 0.3) is 4.96 Å². The smallest absolute Gasteiger partial charge is 0.271 e. The maximum absolute atomic E-state index is 13.0. The second-order valence-electron chi connectivity index (χ2n) is 8.36. The van der Waals surface area contributed by atoms with E-state index in [0.29, 0.717) is 17.5 Å². The Labute approximate surface area is 153 Å². The number of carbonyl (C=O) groups is 1. The van der Waals surface area contributed by atoms with Crippen LogP contribution in [0.4, 0.5) is 0 Å². The second kappa shape index (κ2) is 4.91. The summed E-state index contributed by atoms with van der Waals surface area (Å²) < 4.78 is 1.90. The standard InChI is InChI=1S/C17H19N7OS/c25-14(13-8-23-1-2-26-15(23)20-13)21-16-4-11-3-12(5-16)7-17(6-11,9-16)24-19-10-18-22-24/h1-2,8,10-12H,3-7,9H2,(H,21,25). The molecule has 2 atom stereocenters. The van der Waals surface area contributed by atoms with Crippen molar-refractivity contribution in [3.63, 3.8) is 0 Å². The van der Waals surface area contributed by atoms with Gasteiger partial charge in [-0.15, -0.1) is 21.5 Å². The van der Waals surface area contributed by atoms with Crippen molar-refractivity contribution in [3.8, 4) is 0 Å². The monoisotopic (exact) mass is 369 g/mol. The molecule has 9 heteroatoms. The van der Waals surface area contributed by atoms with Crippen molar-refractivity contribution in [2.75, 3.05) is 0 Å². The van der Waals surface area contributed by atoms with Crippen LogP contribution in [-0.2, 0) is 5.54 Å². The first kappa shape index (κ1) is 14.8. The summed E-state index contributed by atoms with van der Waals surface area (Å²) in [6.45, 7) is 0. The van der Waals surface area contributed by atoms with Crippen LogP contribution in [0.1, 0.15) is 49.0 Å². The number of rotatable bonds is 3. The molecule has 3 aromatic heterocycles. The molecule has 4 fully saturated rings. The van der Waals surface area contributed by atoms with Crippen LogP contribution in [0, 0.1) is 11.8 Å². The van der Waals surface area contributed by atoms with Crippen molar-refractivity contribution >= 4 is 22.2 Å². The number of hydrogen-bond donors (Lipinski definition) is 1. The number of tetrazole rings is 1. The van der Waals surface area contributed by atoms with Gasteiger partial charge in [-0.2, -0.15) is 4.80 Å². The highest BCUT2D eigenvalue weighted by Crippen LogP contribution is 2.60. The zero-order valence-electron chi connectivity index (χ0n) is 14.2. The van der Waals surface area contributed by atoms with E-state index in [0.717, 1.165) is 37.1 Å². The van der Waals surface area contributed by atoms with Crippen LogP contribution in [-0.4, -0.2) is 41.0 Å². The molecule has 8 nitrogen and oxygen atoms in total. The minimum Gasteiger partial charge on any atom is -0.345 e. The van der Waals surface area contributed by atoms with E-state index in [1.807, 2.05) is 27.0 Å². The predicted molar refractivity (Wildman–Crippen MR) is 93.7 cm³/mol. The minimum atomic E-state index is -0.175. The zero-order chi connectivity index (χ0) is 17.4. The van der Waals surface area contributed by atoms with Crippen LogP contribution < -0.4 is 5.32 Å². The molecule has 0 aliphatic heterocycles. The number of nitrogens with zero attached hydrogens (tertiary/aromatic N) is 6. The fourth-order valence-electron chi connectivity index (χ4n) is 6.12. The van der Waals surface area contributed by atoms with E-state index in [2.05, 4.69) is 25.7 Å². The number of aromatic nitrogens is 6. The Morgan fingerprint density at radius 3 is 2.85 bits per heavy atom. The van der Waals surface area contributed by atoms with E-state index in [9.17, 15) is 4.79 Å². The fraction of sp³-hybridized carbons (Fsp3) is 0.588. The first-order valence-corrected chi connectivity index (χ1v) is 9.99. The molecule has 2 unspecified atom stereocenters. The molecular formula is C17H19N7OS. The summed E-state index contributed by atoms with van der Waals surface area (Å²) in [6.07, 6.45) is 11.7. The quantitative estimate of drug-likeness (QED) is 0.761. The molecule has 4 saturated carbocycles. The molecule has 0 aromatic carbocycles.